The molecule has 11 heteroatoms. The van der Waals surface area contributed by atoms with E-state index in [4.69, 9.17) is 0 Å². The fourth-order valence-corrected chi connectivity index (χ4v) is 3.36. The molecule has 4 rings (SSSR count). The summed E-state index contributed by atoms with van der Waals surface area (Å²) in [6, 6.07) is 16.9. The fraction of sp³-hybridized carbons (Fsp3) is 0.125. The fourth-order valence-electron chi connectivity index (χ4n) is 3.36. The van der Waals surface area contributed by atoms with Gasteiger partial charge in [-0.05, 0) is 34.9 Å². The Morgan fingerprint density at radius 1 is 0.886 bits per heavy atom. The van der Waals surface area contributed by atoms with E-state index in [1.165, 1.54) is 6.33 Å². The Morgan fingerprint density at radius 2 is 1.57 bits per heavy atom. The average Bonchev–Trinajstić information content (AvgIpc) is 3.36. The standard InChI is InChI=1S/C24H17F5N4O2/c25-20-10-18(16-7-4-8-17(9-16)22-30-14-31-32-22)11-21(26)19(20)13-33(35-23(34)24(27,28)29)12-15-5-2-1-3-6-15/h1-11,14H,12-13H2,(H,30,31,32). The third-order valence-electron chi connectivity index (χ3n) is 5.01. The van der Waals surface area contributed by atoms with E-state index >= 15 is 0 Å². The Labute approximate surface area is 195 Å². The molecule has 0 bridgehead atoms. The van der Waals surface area contributed by atoms with Crippen molar-refractivity contribution in [3.8, 4) is 22.5 Å². The molecular formula is C24H17F5N4O2. The first-order chi connectivity index (χ1) is 16.7. The highest BCUT2D eigenvalue weighted by molar-refractivity contribution is 5.75. The number of hydroxylamine groups is 2. The molecule has 0 amide bonds. The Morgan fingerprint density at radius 3 is 2.20 bits per heavy atom. The highest BCUT2D eigenvalue weighted by atomic mass is 19.4. The van der Waals surface area contributed by atoms with Gasteiger partial charge in [0.1, 0.15) is 18.0 Å². The smallest absolute Gasteiger partial charge is 0.360 e. The van der Waals surface area contributed by atoms with Crippen molar-refractivity contribution < 1.29 is 31.6 Å². The molecule has 4 aromatic rings. The zero-order chi connectivity index (χ0) is 25.0. The number of H-pyrrole nitrogens is 1. The average molecular weight is 488 g/mol. The summed E-state index contributed by atoms with van der Waals surface area (Å²) in [5.41, 5.74) is 1.24. The first-order valence-electron chi connectivity index (χ1n) is 10.2. The van der Waals surface area contributed by atoms with Crippen LogP contribution in [0.15, 0.2) is 73.1 Å². The molecule has 0 aliphatic carbocycles. The van der Waals surface area contributed by atoms with Gasteiger partial charge >= 0.3 is 12.1 Å². The first-order valence-corrected chi connectivity index (χ1v) is 10.2. The van der Waals surface area contributed by atoms with E-state index in [-0.39, 0.29) is 12.1 Å². The van der Waals surface area contributed by atoms with Gasteiger partial charge in [-0.3, -0.25) is 5.10 Å². The summed E-state index contributed by atoms with van der Waals surface area (Å²) < 4.78 is 68.2. The third-order valence-corrected chi connectivity index (χ3v) is 5.01. The lowest BCUT2D eigenvalue weighted by Gasteiger charge is -2.22. The van der Waals surface area contributed by atoms with E-state index in [9.17, 15) is 26.7 Å². The van der Waals surface area contributed by atoms with Crippen LogP contribution >= 0.6 is 0 Å². The van der Waals surface area contributed by atoms with Crippen molar-refractivity contribution in [2.24, 2.45) is 0 Å². The molecule has 0 saturated heterocycles. The van der Waals surface area contributed by atoms with E-state index in [1.807, 2.05) is 0 Å². The number of aromatic amines is 1. The number of alkyl halides is 3. The van der Waals surface area contributed by atoms with Gasteiger partial charge in [0.05, 0.1) is 13.1 Å². The predicted octanol–water partition coefficient (Wildman–Crippen LogP) is 5.44. The van der Waals surface area contributed by atoms with Gasteiger partial charge in [0.15, 0.2) is 5.82 Å². The molecule has 0 atom stereocenters. The molecule has 1 heterocycles. The quantitative estimate of drug-likeness (QED) is 0.277. The SMILES string of the molecule is O=C(ON(Cc1ccccc1)Cc1c(F)cc(-c2cccc(-c3ncn[nH]3)c2)cc1F)C(F)(F)F. The Bertz CT molecular complexity index is 1290. The maximum absolute atomic E-state index is 15.0. The molecule has 0 aliphatic rings. The molecule has 3 aromatic carbocycles. The van der Waals surface area contributed by atoms with Crippen LogP contribution in [-0.2, 0) is 22.7 Å². The topological polar surface area (TPSA) is 71.1 Å². The lowest BCUT2D eigenvalue weighted by atomic mass is 10.0. The van der Waals surface area contributed by atoms with Crippen molar-refractivity contribution in [3.63, 3.8) is 0 Å². The molecule has 0 radical (unpaired) electrons. The zero-order valence-corrected chi connectivity index (χ0v) is 17.9. The number of nitrogens with one attached hydrogen (secondary N) is 1. The van der Waals surface area contributed by atoms with Gasteiger partial charge in [-0.2, -0.15) is 18.3 Å². The van der Waals surface area contributed by atoms with Gasteiger partial charge in [-0.25, -0.2) is 18.6 Å². The monoisotopic (exact) mass is 488 g/mol. The van der Waals surface area contributed by atoms with Crippen LogP contribution in [0.3, 0.4) is 0 Å². The first kappa shape index (κ1) is 24.0. The van der Waals surface area contributed by atoms with Crippen LogP contribution < -0.4 is 0 Å². The number of nitrogens with zero attached hydrogens (tertiary/aromatic N) is 3. The number of aromatic nitrogens is 3. The van der Waals surface area contributed by atoms with E-state index in [2.05, 4.69) is 20.0 Å². The third kappa shape index (κ3) is 5.87. The van der Waals surface area contributed by atoms with Crippen molar-refractivity contribution in [3.05, 3.63) is 95.8 Å². The maximum Gasteiger partial charge on any atom is 0.492 e. The minimum atomic E-state index is -5.27. The van der Waals surface area contributed by atoms with Crippen LogP contribution in [0.25, 0.3) is 22.5 Å². The molecule has 0 fully saturated rings. The van der Waals surface area contributed by atoms with Crippen LogP contribution in [0.2, 0.25) is 0 Å². The number of rotatable bonds is 7. The summed E-state index contributed by atoms with van der Waals surface area (Å²) in [5.74, 6) is -4.04. The summed E-state index contributed by atoms with van der Waals surface area (Å²) in [4.78, 5) is 19.9. The van der Waals surface area contributed by atoms with Crippen LogP contribution in [0, 0.1) is 11.6 Å². The van der Waals surface area contributed by atoms with Crippen LogP contribution in [0.1, 0.15) is 11.1 Å². The summed E-state index contributed by atoms with van der Waals surface area (Å²) in [5, 5.41) is 7.03. The van der Waals surface area contributed by atoms with Gasteiger partial charge in [0, 0.05) is 11.1 Å². The predicted molar refractivity (Wildman–Crippen MR) is 115 cm³/mol. The normalized spacial score (nSPS) is 11.6. The summed E-state index contributed by atoms with van der Waals surface area (Å²) in [6.07, 6.45) is -3.95. The van der Waals surface area contributed by atoms with Gasteiger partial charge in [0.2, 0.25) is 0 Å². The van der Waals surface area contributed by atoms with Crippen molar-refractivity contribution >= 4 is 5.97 Å². The lowest BCUT2D eigenvalue weighted by molar-refractivity contribution is -0.243. The maximum atomic E-state index is 15.0. The van der Waals surface area contributed by atoms with Crippen molar-refractivity contribution in [2.45, 2.75) is 19.3 Å². The highest BCUT2D eigenvalue weighted by Crippen LogP contribution is 2.29. The minimum Gasteiger partial charge on any atom is -0.360 e. The molecule has 1 N–H and O–H groups in total. The molecule has 0 saturated carbocycles. The molecule has 180 valence electrons. The van der Waals surface area contributed by atoms with Crippen molar-refractivity contribution in [1.29, 1.82) is 0 Å². The highest BCUT2D eigenvalue weighted by Gasteiger charge is 2.42. The van der Waals surface area contributed by atoms with E-state index < -0.39 is 35.9 Å². The summed E-state index contributed by atoms with van der Waals surface area (Å²) in [6.45, 7) is -1.06. The summed E-state index contributed by atoms with van der Waals surface area (Å²) >= 11 is 0. The largest absolute Gasteiger partial charge is 0.492 e. The Balaban J connectivity index is 1.62. The van der Waals surface area contributed by atoms with E-state index in [1.54, 1.807) is 54.6 Å². The zero-order valence-electron chi connectivity index (χ0n) is 17.9. The number of carbonyl (C=O) groups is 1. The van der Waals surface area contributed by atoms with Gasteiger partial charge in [-0.15, -0.1) is 5.06 Å². The minimum absolute atomic E-state index is 0.201. The Kier molecular flexibility index (Phi) is 6.87. The van der Waals surface area contributed by atoms with Gasteiger partial charge < -0.3 is 4.84 Å². The molecule has 0 aliphatic heterocycles. The van der Waals surface area contributed by atoms with Crippen molar-refractivity contribution in [2.75, 3.05) is 0 Å². The second-order valence-electron chi connectivity index (χ2n) is 7.49. The van der Waals surface area contributed by atoms with E-state index in [0.717, 1.165) is 12.1 Å². The van der Waals surface area contributed by atoms with Gasteiger partial charge in [0.25, 0.3) is 0 Å². The summed E-state index contributed by atoms with van der Waals surface area (Å²) in [7, 11) is 0. The molecule has 0 unspecified atom stereocenters. The second-order valence-corrected chi connectivity index (χ2v) is 7.49. The number of hydrogen-bond donors (Lipinski definition) is 1. The number of halogens is 5. The molecular weight excluding hydrogens is 471 g/mol. The lowest BCUT2D eigenvalue weighted by Crippen LogP contribution is -2.34. The van der Waals surface area contributed by atoms with Crippen LogP contribution in [0.4, 0.5) is 22.0 Å². The number of hydrogen-bond acceptors (Lipinski definition) is 5. The Hall–Kier alpha value is -4.12. The molecule has 0 spiro atoms. The molecule has 1 aromatic heterocycles. The van der Waals surface area contributed by atoms with Crippen molar-refractivity contribution in [1.82, 2.24) is 20.2 Å². The van der Waals surface area contributed by atoms with Crippen LogP contribution in [-0.4, -0.2) is 32.4 Å². The van der Waals surface area contributed by atoms with Crippen LogP contribution in [0.5, 0.6) is 0 Å². The molecule has 6 nitrogen and oxygen atoms in total. The van der Waals surface area contributed by atoms with Gasteiger partial charge in [-0.1, -0.05) is 48.5 Å². The number of benzene rings is 3. The second kappa shape index (κ2) is 10.0. The van der Waals surface area contributed by atoms with E-state index in [0.29, 0.717) is 27.6 Å². The molecule has 35 heavy (non-hydrogen) atoms. The number of carbonyl (C=O) groups excluding carboxylic acids is 1.